The van der Waals surface area contributed by atoms with Gasteiger partial charge in [-0.25, -0.2) is 14.3 Å². The number of tetrazole rings is 1. The van der Waals surface area contributed by atoms with Crippen LogP contribution in [0.1, 0.15) is 40.8 Å². The van der Waals surface area contributed by atoms with Crippen molar-refractivity contribution >= 4 is 23.3 Å². The standard InChI is InChI=1S/C17H16N4O4S/c1-17(2,3)25-16(24)14-5-4-13(26-14)10-6-11(15(22)23)8-12(7-10)21-9-18-19-20-21/h4-9H,1-3H3,(H,22,23). The van der Waals surface area contributed by atoms with Gasteiger partial charge in [-0.15, -0.1) is 16.4 Å². The number of aromatic carboxylic acids is 1. The lowest BCUT2D eigenvalue weighted by Gasteiger charge is -2.18. The molecule has 8 nitrogen and oxygen atoms in total. The van der Waals surface area contributed by atoms with Crippen LogP contribution in [-0.2, 0) is 4.74 Å². The molecule has 0 saturated heterocycles. The number of carbonyl (C=O) groups excluding carboxylic acids is 1. The van der Waals surface area contributed by atoms with Gasteiger partial charge in [0, 0.05) is 4.88 Å². The van der Waals surface area contributed by atoms with E-state index in [2.05, 4.69) is 15.5 Å². The summed E-state index contributed by atoms with van der Waals surface area (Å²) in [5.74, 6) is -1.48. The minimum atomic E-state index is -1.06. The van der Waals surface area contributed by atoms with E-state index in [0.717, 1.165) is 4.88 Å². The van der Waals surface area contributed by atoms with Crippen LogP contribution >= 0.6 is 11.3 Å². The molecule has 0 atom stereocenters. The first-order valence-electron chi connectivity index (χ1n) is 7.68. The minimum Gasteiger partial charge on any atom is -0.478 e. The average molecular weight is 372 g/mol. The molecule has 1 N–H and O–H groups in total. The van der Waals surface area contributed by atoms with Crippen molar-refractivity contribution in [3.63, 3.8) is 0 Å². The van der Waals surface area contributed by atoms with Crippen LogP contribution in [0.2, 0.25) is 0 Å². The van der Waals surface area contributed by atoms with Gasteiger partial charge >= 0.3 is 11.9 Å². The molecule has 0 spiro atoms. The number of carbonyl (C=O) groups is 2. The number of nitrogens with zero attached hydrogens (tertiary/aromatic N) is 4. The van der Waals surface area contributed by atoms with Crippen LogP contribution in [0.5, 0.6) is 0 Å². The zero-order valence-corrected chi connectivity index (χ0v) is 15.1. The van der Waals surface area contributed by atoms with Crippen molar-refractivity contribution in [1.29, 1.82) is 0 Å². The Hall–Kier alpha value is -3.07. The van der Waals surface area contributed by atoms with Crippen LogP contribution in [-0.4, -0.2) is 42.9 Å². The molecule has 3 aromatic rings. The van der Waals surface area contributed by atoms with Crippen LogP contribution < -0.4 is 0 Å². The number of carboxylic acid groups (broad SMARTS) is 1. The van der Waals surface area contributed by atoms with Crippen LogP contribution in [0.4, 0.5) is 0 Å². The number of ether oxygens (including phenoxy) is 1. The second-order valence-corrected chi connectivity index (χ2v) is 7.58. The third-order valence-electron chi connectivity index (χ3n) is 3.27. The molecule has 0 bridgehead atoms. The largest absolute Gasteiger partial charge is 0.478 e. The zero-order chi connectivity index (χ0) is 18.9. The van der Waals surface area contributed by atoms with Gasteiger partial charge in [-0.3, -0.25) is 0 Å². The Balaban J connectivity index is 1.99. The molecular weight excluding hydrogens is 356 g/mol. The fourth-order valence-corrected chi connectivity index (χ4v) is 3.09. The minimum absolute atomic E-state index is 0.0974. The van der Waals surface area contributed by atoms with Crippen LogP contribution in [0.3, 0.4) is 0 Å². The van der Waals surface area contributed by atoms with E-state index in [1.807, 2.05) is 0 Å². The predicted molar refractivity (Wildman–Crippen MR) is 94.6 cm³/mol. The number of hydrogen-bond donors (Lipinski definition) is 1. The molecule has 0 radical (unpaired) electrons. The number of rotatable bonds is 4. The molecule has 9 heteroatoms. The predicted octanol–water partition coefficient (Wildman–Crippen LogP) is 3.04. The number of aromatic nitrogens is 4. The molecule has 2 aromatic heterocycles. The highest BCUT2D eigenvalue weighted by Crippen LogP contribution is 2.31. The number of benzene rings is 1. The maximum absolute atomic E-state index is 12.2. The quantitative estimate of drug-likeness (QED) is 0.701. The lowest BCUT2D eigenvalue weighted by molar-refractivity contribution is 0.00750. The number of esters is 1. The van der Waals surface area contributed by atoms with Gasteiger partial charge in [0.1, 0.15) is 16.8 Å². The molecule has 0 amide bonds. The Morgan fingerprint density at radius 3 is 2.58 bits per heavy atom. The van der Waals surface area contributed by atoms with Crippen molar-refractivity contribution in [2.24, 2.45) is 0 Å². The van der Waals surface area contributed by atoms with Crippen LogP contribution in [0.25, 0.3) is 16.1 Å². The number of thiophene rings is 1. The fraction of sp³-hybridized carbons (Fsp3) is 0.235. The summed E-state index contributed by atoms with van der Waals surface area (Å²) in [5.41, 5.74) is 0.671. The molecule has 0 unspecified atom stereocenters. The van der Waals surface area contributed by atoms with Crippen molar-refractivity contribution in [3.8, 4) is 16.1 Å². The highest BCUT2D eigenvalue weighted by atomic mass is 32.1. The summed E-state index contributed by atoms with van der Waals surface area (Å²) in [6, 6.07) is 8.20. The highest BCUT2D eigenvalue weighted by Gasteiger charge is 2.20. The monoisotopic (exact) mass is 372 g/mol. The van der Waals surface area contributed by atoms with Crippen LogP contribution in [0, 0.1) is 0 Å². The molecule has 0 aliphatic heterocycles. The molecule has 0 saturated carbocycles. The Morgan fingerprint density at radius 2 is 1.96 bits per heavy atom. The van der Waals surface area contributed by atoms with Gasteiger partial charge < -0.3 is 9.84 Å². The Bertz CT molecular complexity index is 958. The average Bonchev–Trinajstić information content (AvgIpc) is 3.24. The summed E-state index contributed by atoms with van der Waals surface area (Å²) in [6.45, 7) is 5.40. The second kappa shape index (κ2) is 6.68. The van der Waals surface area contributed by atoms with Gasteiger partial charge in [0.2, 0.25) is 0 Å². The van der Waals surface area contributed by atoms with E-state index in [0.29, 0.717) is 16.1 Å². The van der Waals surface area contributed by atoms with Crippen molar-refractivity contribution in [2.45, 2.75) is 26.4 Å². The van der Waals surface area contributed by atoms with Gasteiger partial charge in [-0.05, 0) is 67.1 Å². The molecule has 0 fully saturated rings. The summed E-state index contributed by atoms with van der Waals surface area (Å²) in [7, 11) is 0. The summed E-state index contributed by atoms with van der Waals surface area (Å²) in [5, 5.41) is 20.3. The first kappa shape index (κ1) is 17.7. The molecule has 0 aliphatic rings. The Labute approximate surface area is 153 Å². The molecule has 2 heterocycles. The van der Waals surface area contributed by atoms with Crippen molar-refractivity contribution in [2.75, 3.05) is 0 Å². The fourth-order valence-electron chi connectivity index (χ4n) is 2.22. The lowest BCUT2D eigenvalue weighted by Crippen LogP contribution is -2.23. The molecule has 26 heavy (non-hydrogen) atoms. The molecule has 3 rings (SSSR count). The van der Waals surface area contributed by atoms with E-state index in [1.165, 1.54) is 28.4 Å². The zero-order valence-electron chi connectivity index (χ0n) is 14.3. The van der Waals surface area contributed by atoms with Gasteiger partial charge in [-0.2, -0.15) is 0 Å². The topological polar surface area (TPSA) is 107 Å². The summed E-state index contributed by atoms with van der Waals surface area (Å²) in [4.78, 5) is 24.8. The van der Waals surface area contributed by atoms with E-state index < -0.39 is 17.5 Å². The highest BCUT2D eigenvalue weighted by molar-refractivity contribution is 7.17. The summed E-state index contributed by atoms with van der Waals surface area (Å²) in [6.07, 6.45) is 1.38. The Kier molecular flexibility index (Phi) is 4.56. The van der Waals surface area contributed by atoms with Crippen molar-refractivity contribution in [3.05, 3.63) is 47.1 Å². The first-order valence-corrected chi connectivity index (χ1v) is 8.50. The number of hydrogen-bond acceptors (Lipinski definition) is 7. The van der Waals surface area contributed by atoms with E-state index in [4.69, 9.17) is 4.74 Å². The van der Waals surface area contributed by atoms with Gasteiger partial charge in [0.15, 0.2) is 0 Å². The SMILES string of the molecule is CC(C)(C)OC(=O)c1ccc(-c2cc(C(=O)O)cc(-n3cnnn3)c2)s1. The van der Waals surface area contributed by atoms with Crippen LogP contribution in [0.15, 0.2) is 36.7 Å². The van der Waals surface area contributed by atoms with E-state index >= 15 is 0 Å². The number of carboxylic acids is 1. The smallest absolute Gasteiger partial charge is 0.348 e. The van der Waals surface area contributed by atoms with E-state index in [1.54, 1.807) is 45.0 Å². The summed E-state index contributed by atoms with van der Waals surface area (Å²) < 4.78 is 6.74. The van der Waals surface area contributed by atoms with Crippen molar-refractivity contribution in [1.82, 2.24) is 20.2 Å². The maximum atomic E-state index is 12.2. The maximum Gasteiger partial charge on any atom is 0.348 e. The summed E-state index contributed by atoms with van der Waals surface area (Å²) >= 11 is 1.23. The lowest BCUT2D eigenvalue weighted by atomic mass is 10.1. The van der Waals surface area contributed by atoms with Gasteiger partial charge in [0.05, 0.1) is 11.3 Å². The van der Waals surface area contributed by atoms with Gasteiger partial charge in [0.25, 0.3) is 0 Å². The Morgan fingerprint density at radius 1 is 1.19 bits per heavy atom. The van der Waals surface area contributed by atoms with E-state index in [-0.39, 0.29) is 5.56 Å². The third-order valence-corrected chi connectivity index (χ3v) is 4.38. The third kappa shape index (κ3) is 3.94. The van der Waals surface area contributed by atoms with E-state index in [9.17, 15) is 14.7 Å². The molecule has 1 aromatic carbocycles. The van der Waals surface area contributed by atoms with Gasteiger partial charge in [-0.1, -0.05) is 0 Å². The first-order chi connectivity index (χ1) is 12.2. The molecular formula is C17H16N4O4S. The normalized spacial score (nSPS) is 11.3. The van der Waals surface area contributed by atoms with Crippen molar-refractivity contribution < 1.29 is 19.4 Å². The molecule has 0 aliphatic carbocycles. The second-order valence-electron chi connectivity index (χ2n) is 6.49. The molecule has 134 valence electrons.